The molecule has 0 atom stereocenters. The van der Waals surface area contributed by atoms with Crippen LogP contribution < -0.4 is 15.5 Å². The van der Waals surface area contributed by atoms with Gasteiger partial charge in [0.15, 0.2) is 0 Å². The van der Waals surface area contributed by atoms with Gasteiger partial charge in [-0.2, -0.15) is 0 Å². The number of aryl methyl sites for hydroxylation is 2. The lowest BCUT2D eigenvalue weighted by atomic mass is 10.0. The molecule has 0 radical (unpaired) electrons. The largest absolute Gasteiger partial charge is 0.550 e. The van der Waals surface area contributed by atoms with E-state index in [-0.39, 0.29) is 5.56 Å². The summed E-state index contributed by atoms with van der Waals surface area (Å²) in [6.07, 6.45) is 3.35. The average Bonchev–Trinajstić information content (AvgIpc) is 2.62. The monoisotopic (exact) mass is 363 g/mol. The quantitative estimate of drug-likeness (QED) is 0.629. The molecule has 0 fully saturated rings. The number of hydrogen-bond donors (Lipinski definition) is 0. The summed E-state index contributed by atoms with van der Waals surface area (Å²) in [7, 11) is 0. The van der Waals surface area contributed by atoms with Crippen molar-refractivity contribution >= 4 is 23.0 Å². The van der Waals surface area contributed by atoms with Gasteiger partial charge in [0, 0.05) is 18.0 Å². The maximum Gasteiger partial charge on any atom is 0.340 e. The summed E-state index contributed by atoms with van der Waals surface area (Å²) in [6.45, 7) is 3.89. The zero-order valence-corrected chi connectivity index (χ0v) is 15.2. The predicted molar refractivity (Wildman–Crippen MR) is 102 cm³/mol. The van der Waals surface area contributed by atoms with Gasteiger partial charge in [-0.1, -0.05) is 36.4 Å². The second kappa shape index (κ2) is 7.91. The van der Waals surface area contributed by atoms with Crippen LogP contribution in [0.3, 0.4) is 0 Å². The van der Waals surface area contributed by atoms with Crippen molar-refractivity contribution in [3.05, 3.63) is 81.2 Å². The smallest absolute Gasteiger partial charge is 0.340 e. The van der Waals surface area contributed by atoms with E-state index in [1.807, 2.05) is 55.5 Å². The summed E-state index contributed by atoms with van der Waals surface area (Å²) in [5, 5.41) is 11.6. The maximum atomic E-state index is 12.1. The van der Waals surface area contributed by atoms with Crippen molar-refractivity contribution in [2.24, 2.45) is 0 Å². The Labute approximate surface area is 156 Å². The highest BCUT2D eigenvalue weighted by molar-refractivity contribution is 5.89. The molecular weight excluding hydrogens is 344 g/mol. The number of carbonyl (C=O) groups excluding carboxylic acids is 1. The van der Waals surface area contributed by atoms with Crippen molar-refractivity contribution in [1.29, 1.82) is 0 Å². The van der Waals surface area contributed by atoms with Crippen LogP contribution in [-0.2, 0) is 11.2 Å². The normalized spacial score (nSPS) is 11.2. The third-order valence-corrected chi connectivity index (χ3v) is 4.25. The molecule has 5 nitrogen and oxygen atoms in total. The number of benzene rings is 2. The summed E-state index contributed by atoms with van der Waals surface area (Å²) in [5.74, 6) is -0.784. The van der Waals surface area contributed by atoms with E-state index in [4.69, 9.17) is 9.15 Å². The molecule has 0 aliphatic heterocycles. The summed E-state index contributed by atoms with van der Waals surface area (Å²) in [4.78, 5) is 23.1. The highest BCUT2D eigenvalue weighted by Crippen LogP contribution is 2.31. The first-order valence-corrected chi connectivity index (χ1v) is 8.57. The maximum absolute atomic E-state index is 12.1. The van der Waals surface area contributed by atoms with Crippen LogP contribution in [0.1, 0.15) is 22.3 Å². The van der Waals surface area contributed by atoms with Crippen LogP contribution >= 0.6 is 0 Å². The van der Waals surface area contributed by atoms with Crippen LogP contribution in [0, 0.1) is 13.8 Å². The standard InChI is InChI=1S/C22H20O5/c1-14-11-18(26-10-6-9-16-7-4-3-5-8-16)21-15(2)17(13-20(23)24)22(25)27-19(21)12-14/h3-9,11-12H,10,13H2,1-2H3,(H,23,24)/p-1. The molecule has 0 spiro atoms. The van der Waals surface area contributed by atoms with Crippen molar-refractivity contribution in [2.75, 3.05) is 6.61 Å². The number of fused-ring (bicyclic) bond motifs is 1. The van der Waals surface area contributed by atoms with Crippen LogP contribution in [0.2, 0.25) is 0 Å². The van der Waals surface area contributed by atoms with E-state index < -0.39 is 18.0 Å². The fourth-order valence-electron chi connectivity index (χ4n) is 2.99. The molecule has 1 heterocycles. The molecule has 0 N–H and O–H groups in total. The number of hydrogen-bond acceptors (Lipinski definition) is 5. The number of carboxylic acid groups (broad SMARTS) is 1. The Balaban J connectivity index is 1.95. The molecule has 0 aliphatic carbocycles. The van der Waals surface area contributed by atoms with E-state index >= 15 is 0 Å². The number of rotatable bonds is 6. The third-order valence-electron chi connectivity index (χ3n) is 4.25. The second-order valence-electron chi connectivity index (χ2n) is 6.30. The predicted octanol–water partition coefficient (Wildman–Crippen LogP) is 2.79. The van der Waals surface area contributed by atoms with E-state index in [2.05, 4.69) is 0 Å². The van der Waals surface area contributed by atoms with Crippen LogP contribution in [0.5, 0.6) is 5.75 Å². The van der Waals surface area contributed by atoms with Gasteiger partial charge in [-0.3, -0.25) is 0 Å². The lowest BCUT2D eigenvalue weighted by Crippen LogP contribution is -2.27. The fourth-order valence-corrected chi connectivity index (χ4v) is 2.99. The van der Waals surface area contributed by atoms with Crippen molar-refractivity contribution in [2.45, 2.75) is 20.3 Å². The van der Waals surface area contributed by atoms with E-state index in [0.717, 1.165) is 11.1 Å². The van der Waals surface area contributed by atoms with Crippen molar-refractivity contribution in [3.63, 3.8) is 0 Å². The number of ether oxygens (including phenoxy) is 1. The number of carboxylic acids is 1. The Hall–Kier alpha value is -3.34. The van der Waals surface area contributed by atoms with Gasteiger partial charge in [0.1, 0.15) is 17.9 Å². The summed E-state index contributed by atoms with van der Waals surface area (Å²) >= 11 is 0. The Morgan fingerprint density at radius 3 is 2.63 bits per heavy atom. The minimum Gasteiger partial charge on any atom is -0.550 e. The van der Waals surface area contributed by atoms with Gasteiger partial charge in [0.05, 0.1) is 5.39 Å². The molecule has 1 aromatic heterocycles. The molecule has 5 heteroatoms. The van der Waals surface area contributed by atoms with Crippen LogP contribution in [0.25, 0.3) is 17.0 Å². The zero-order chi connectivity index (χ0) is 19.4. The topological polar surface area (TPSA) is 79.6 Å². The minimum atomic E-state index is -1.33. The second-order valence-corrected chi connectivity index (χ2v) is 6.30. The van der Waals surface area contributed by atoms with Gasteiger partial charge < -0.3 is 19.1 Å². The Morgan fingerprint density at radius 1 is 1.19 bits per heavy atom. The molecular formula is C22H19O5-. The first kappa shape index (κ1) is 18.5. The molecule has 3 aromatic rings. The molecule has 138 valence electrons. The van der Waals surface area contributed by atoms with E-state index in [9.17, 15) is 14.7 Å². The van der Waals surface area contributed by atoms with Gasteiger partial charge in [0.2, 0.25) is 0 Å². The van der Waals surface area contributed by atoms with Crippen LogP contribution in [0.4, 0.5) is 0 Å². The highest BCUT2D eigenvalue weighted by atomic mass is 16.5. The summed E-state index contributed by atoms with van der Waals surface area (Å²) in [5.41, 5.74) is 2.27. The lowest BCUT2D eigenvalue weighted by Gasteiger charge is -2.13. The SMILES string of the molecule is Cc1cc(OCC=Cc2ccccc2)c2c(C)c(CC(=O)[O-])c(=O)oc2c1. The Bertz CT molecular complexity index is 1060. The molecule has 0 saturated heterocycles. The number of aliphatic carboxylic acids is 1. The Kier molecular flexibility index (Phi) is 5.41. The van der Waals surface area contributed by atoms with Gasteiger partial charge in [0.25, 0.3) is 0 Å². The molecule has 3 rings (SSSR count). The van der Waals surface area contributed by atoms with Gasteiger partial charge in [-0.15, -0.1) is 0 Å². The molecule has 0 unspecified atom stereocenters. The average molecular weight is 363 g/mol. The lowest BCUT2D eigenvalue weighted by molar-refractivity contribution is -0.304. The van der Waals surface area contributed by atoms with Crippen LogP contribution in [-0.4, -0.2) is 12.6 Å². The van der Waals surface area contributed by atoms with E-state index in [1.165, 1.54) is 0 Å². The van der Waals surface area contributed by atoms with Gasteiger partial charge in [-0.05, 0) is 48.7 Å². The summed E-state index contributed by atoms with van der Waals surface area (Å²) < 4.78 is 11.2. The Morgan fingerprint density at radius 2 is 1.93 bits per heavy atom. The third kappa shape index (κ3) is 4.26. The van der Waals surface area contributed by atoms with E-state index in [1.54, 1.807) is 13.0 Å². The van der Waals surface area contributed by atoms with Crippen molar-refractivity contribution < 1.29 is 19.1 Å². The molecule has 27 heavy (non-hydrogen) atoms. The number of carbonyl (C=O) groups is 1. The zero-order valence-electron chi connectivity index (χ0n) is 15.2. The first-order chi connectivity index (χ1) is 13.0. The molecule has 0 amide bonds. The molecule has 0 aliphatic rings. The van der Waals surface area contributed by atoms with Gasteiger partial charge in [-0.25, -0.2) is 4.79 Å². The van der Waals surface area contributed by atoms with E-state index in [0.29, 0.717) is 28.9 Å². The summed E-state index contributed by atoms with van der Waals surface area (Å²) in [6, 6.07) is 13.4. The molecule has 0 saturated carbocycles. The van der Waals surface area contributed by atoms with Crippen molar-refractivity contribution in [3.8, 4) is 5.75 Å². The molecule has 2 aromatic carbocycles. The van der Waals surface area contributed by atoms with Gasteiger partial charge >= 0.3 is 5.63 Å². The fraction of sp³-hybridized carbons (Fsp3) is 0.182. The van der Waals surface area contributed by atoms with Crippen molar-refractivity contribution in [1.82, 2.24) is 0 Å². The highest BCUT2D eigenvalue weighted by Gasteiger charge is 2.16. The first-order valence-electron chi connectivity index (χ1n) is 8.57. The minimum absolute atomic E-state index is 0.0797. The molecule has 0 bridgehead atoms. The van der Waals surface area contributed by atoms with Crippen LogP contribution in [0.15, 0.2) is 57.8 Å².